The molecule has 0 fully saturated rings. The maximum Gasteiger partial charge on any atom is 0.321 e. The molecule has 7 heteroatoms. The number of sulfonamides is 1. The molecule has 0 bridgehead atoms. The first-order valence-electron chi connectivity index (χ1n) is 6.38. The van der Waals surface area contributed by atoms with Crippen molar-refractivity contribution in [1.82, 2.24) is 4.72 Å². The average Bonchev–Trinajstić information content (AvgIpc) is 2.39. The van der Waals surface area contributed by atoms with Gasteiger partial charge in [0.05, 0.1) is 11.5 Å². The van der Waals surface area contributed by atoms with Crippen molar-refractivity contribution in [2.45, 2.75) is 37.6 Å². The molecule has 0 aliphatic rings. The van der Waals surface area contributed by atoms with Gasteiger partial charge in [0.15, 0.2) is 0 Å². The molecule has 112 valence electrons. The Morgan fingerprint density at radius 1 is 1.30 bits per heavy atom. The number of hydrogen-bond donors (Lipinski definition) is 2. The predicted molar refractivity (Wildman–Crippen MR) is 74.3 cm³/mol. The molecular formula is C13H19NO5S. The molecule has 0 radical (unpaired) electrons. The minimum absolute atomic E-state index is 0.0170. The molecule has 1 aromatic rings. The van der Waals surface area contributed by atoms with E-state index in [4.69, 9.17) is 9.84 Å². The second kappa shape index (κ2) is 7.25. The lowest BCUT2D eigenvalue weighted by Gasteiger charge is -2.14. The fraction of sp³-hybridized carbons (Fsp3) is 0.462. The zero-order valence-corrected chi connectivity index (χ0v) is 12.3. The Morgan fingerprint density at radius 2 is 1.90 bits per heavy atom. The van der Waals surface area contributed by atoms with Crippen molar-refractivity contribution >= 4 is 16.0 Å². The summed E-state index contributed by atoms with van der Waals surface area (Å²) in [6, 6.07) is 4.73. The molecule has 0 aliphatic heterocycles. The van der Waals surface area contributed by atoms with Crippen molar-refractivity contribution in [1.29, 1.82) is 0 Å². The van der Waals surface area contributed by atoms with Gasteiger partial charge in [-0.1, -0.05) is 13.3 Å². The van der Waals surface area contributed by atoms with E-state index in [0.717, 1.165) is 0 Å². The SMILES string of the molecule is CCCC(NS(=O)(=O)c1ccc(OCC)cc1)C(=O)O. The topological polar surface area (TPSA) is 92.7 Å². The fourth-order valence-corrected chi connectivity index (χ4v) is 2.88. The van der Waals surface area contributed by atoms with Crippen LogP contribution in [0.1, 0.15) is 26.7 Å². The van der Waals surface area contributed by atoms with E-state index in [1.54, 1.807) is 6.92 Å². The van der Waals surface area contributed by atoms with E-state index >= 15 is 0 Å². The van der Waals surface area contributed by atoms with Crippen LogP contribution >= 0.6 is 0 Å². The summed E-state index contributed by atoms with van der Waals surface area (Å²) < 4.78 is 31.6. The van der Waals surface area contributed by atoms with Crippen LogP contribution in [-0.2, 0) is 14.8 Å². The second-order valence-electron chi connectivity index (χ2n) is 4.21. The summed E-state index contributed by atoms with van der Waals surface area (Å²) in [6.07, 6.45) is 0.814. The summed E-state index contributed by atoms with van der Waals surface area (Å²) in [6.45, 7) is 4.11. The maximum atomic E-state index is 12.1. The molecule has 0 heterocycles. The number of carboxylic acid groups (broad SMARTS) is 1. The highest BCUT2D eigenvalue weighted by Gasteiger charge is 2.24. The summed E-state index contributed by atoms with van der Waals surface area (Å²) in [4.78, 5) is 11.0. The van der Waals surface area contributed by atoms with Crippen LogP contribution in [0.15, 0.2) is 29.2 Å². The lowest BCUT2D eigenvalue weighted by atomic mass is 10.2. The molecule has 6 nitrogen and oxygen atoms in total. The molecular weight excluding hydrogens is 282 g/mol. The Balaban J connectivity index is 2.89. The van der Waals surface area contributed by atoms with Gasteiger partial charge in [0.25, 0.3) is 0 Å². The fourth-order valence-electron chi connectivity index (χ4n) is 1.66. The van der Waals surface area contributed by atoms with Crippen LogP contribution in [0.25, 0.3) is 0 Å². The first kappa shape index (κ1) is 16.5. The quantitative estimate of drug-likeness (QED) is 0.761. The van der Waals surface area contributed by atoms with Crippen LogP contribution in [0, 0.1) is 0 Å². The van der Waals surface area contributed by atoms with Gasteiger partial charge in [-0.15, -0.1) is 0 Å². The average molecular weight is 301 g/mol. The van der Waals surface area contributed by atoms with Crippen molar-refractivity contribution in [3.8, 4) is 5.75 Å². The maximum absolute atomic E-state index is 12.1. The largest absolute Gasteiger partial charge is 0.494 e. The van der Waals surface area contributed by atoms with E-state index in [0.29, 0.717) is 18.8 Å². The van der Waals surface area contributed by atoms with Crippen LogP contribution in [0.4, 0.5) is 0 Å². The minimum atomic E-state index is -3.84. The molecule has 0 amide bonds. The second-order valence-corrected chi connectivity index (χ2v) is 5.92. The number of aliphatic carboxylic acids is 1. The smallest absolute Gasteiger partial charge is 0.321 e. The van der Waals surface area contributed by atoms with Gasteiger partial charge >= 0.3 is 5.97 Å². The van der Waals surface area contributed by atoms with Crippen LogP contribution in [-0.4, -0.2) is 32.1 Å². The molecule has 0 saturated carbocycles. The van der Waals surface area contributed by atoms with Gasteiger partial charge in [0, 0.05) is 0 Å². The molecule has 1 rings (SSSR count). The highest BCUT2D eigenvalue weighted by molar-refractivity contribution is 7.89. The monoisotopic (exact) mass is 301 g/mol. The first-order chi connectivity index (χ1) is 9.40. The Bertz CT molecular complexity index is 538. The normalized spacial score (nSPS) is 12.9. The zero-order chi connectivity index (χ0) is 15.2. The minimum Gasteiger partial charge on any atom is -0.494 e. The molecule has 1 atom stereocenters. The molecule has 0 spiro atoms. The number of rotatable bonds is 8. The number of carboxylic acids is 1. The van der Waals surface area contributed by atoms with Crippen LogP contribution in [0.3, 0.4) is 0 Å². The van der Waals surface area contributed by atoms with Gasteiger partial charge < -0.3 is 9.84 Å². The summed E-state index contributed by atoms with van der Waals surface area (Å²) in [5.74, 6) is -0.615. The van der Waals surface area contributed by atoms with Gasteiger partial charge in [0.1, 0.15) is 11.8 Å². The standard InChI is InChI=1S/C13H19NO5S/c1-3-5-12(13(15)16)14-20(17,18)11-8-6-10(7-9-11)19-4-2/h6-9,12,14H,3-5H2,1-2H3,(H,15,16). The lowest BCUT2D eigenvalue weighted by molar-refractivity contribution is -0.139. The highest BCUT2D eigenvalue weighted by atomic mass is 32.2. The van der Waals surface area contributed by atoms with Crippen molar-refractivity contribution < 1.29 is 23.1 Å². The number of benzene rings is 1. The number of carbonyl (C=O) groups is 1. The van der Waals surface area contributed by atoms with E-state index in [-0.39, 0.29) is 11.3 Å². The Labute approximate surface area is 118 Å². The predicted octanol–water partition coefficient (Wildman–Crippen LogP) is 1.62. The lowest BCUT2D eigenvalue weighted by Crippen LogP contribution is -2.40. The van der Waals surface area contributed by atoms with Crippen molar-refractivity contribution in [3.63, 3.8) is 0 Å². The summed E-state index contributed by atoms with van der Waals surface area (Å²) in [7, 11) is -3.84. The van der Waals surface area contributed by atoms with E-state index in [2.05, 4.69) is 4.72 Å². The van der Waals surface area contributed by atoms with Crippen molar-refractivity contribution in [3.05, 3.63) is 24.3 Å². The molecule has 1 unspecified atom stereocenters. The number of nitrogens with one attached hydrogen (secondary N) is 1. The molecule has 20 heavy (non-hydrogen) atoms. The Kier molecular flexibility index (Phi) is 5.97. The third-order valence-electron chi connectivity index (χ3n) is 2.62. The van der Waals surface area contributed by atoms with E-state index in [1.807, 2.05) is 6.92 Å². The molecule has 0 aromatic heterocycles. The molecule has 0 aliphatic carbocycles. The van der Waals surface area contributed by atoms with Gasteiger partial charge in [-0.05, 0) is 37.6 Å². The number of ether oxygens (including phenoxy) is 1. The molecule has 2 N–H and O–H groups in total. The zero-order valence-electron chi connectivity index (χ0n) is 11.5. The van der Waals surface area contributed by atoms with Gasteiger partial charge in [0.2, 0.25) is 10.0 Å². The highest BCUT2D eigenvalue weighted by Crippen LogP contribution is 2.16. The summed E-state index contributed by atoms with van der Waals surface area (Å²) in [5.41, 5.74) is 0. The number of hydrogen-bond acceptors (Lipinski definition) is 4. The van der Waals surface area contributed by atoms with Gasteiger partial charge in [-0.25, -0.2) is 8.42 Å². The van der Waals surface area contributed by atoms with Crippen LogP contribution < -0.4 is 9.46 Å². The van der Waals surface area contributed by atoms with Crippen molar-refractivity contribution in [2.75, 3.05) is 6.61 Å². The Hall–Kier alpha value is -1.60. The van der Waals surface area contributed by atoms with Gasteiger partial charge in [-0.3, -0.25) is 4.79 Å². The molecule has 1 aromatic carbocycles. The van der Waals surface area contributed by atoms with Crippen LogP contribution in [0.5, 0.6) is 5.75 Å². The van der Waals surface area contributed by atoms with Crippen molar-refractivity contribution in [2.24, 2.45) is 0 Å². The van der Waals surface area contributed by atoms with E-state index in [1.165, 1.54) is 24.3 Å². The van der Waals surface area contributed by atoms with E-state index in [9.17, 15) is 13.2 Å². The third-order valence-corrected chi connectivity index (χ3v) is 4.11. The third kappa shape index (κ3) is 4.50. The first-order valence-corrected chi connectivity index (χ1v) is 7.87. The summed E-state index contributed by atoms with van der Waals surface area (Å²) >= 11 is 0. The Morgan fingerprint density at radius 3 is 2.35 bits per heavy atom. The summed E-state index contributed by atoms with van der Waals surface area (Å²) in [5, 5.41) is 8.98. The van der Waals surface area contributed by atoms with Gasteiger partial charge in [-0.2, -0.15) is 4.72 Å². The van der Waals surface area contributed by atoms with E-state index < -0.39 is 22.0 Å². The van der Waals surface area contributed by atoms with Crippen LogP contribution in [0.2, 0.25) is 0 Å². The molecule has 0 saturated heterocycles.